The van der Waals surface area contributed by atoms with E-state index >= 15 is 0 Å². The van der Waals surface area contributed by atoms with Gasteiger partial charge in [-0.25, -0.2) is 14.5 Å². The van der Waals surface area contributed by atoms with Gasteiger partial charge in [-0.1, -0.05) is 0 Å². The van der Waals surface area contributed by atoms with E-state index in [-0.39, 0.29) is 25.2 Å². The van der Waals surface area contributed by atoms with E-state index in [1.165, 1.54) is 24.2 Å². The zero-order valence-electron chi connectivity index (χ0n) is 14.0. The first-order valence-corrected chi connectivity index (χ1v) is 9.07. The number of nitrogens with one attached hydrogen (secondary N) is 1. The fourth-order valence-corrected chi connectivity index (χ4v) is 3.39. The Balaban J connectivity index is 1.72. The number of aliphatic hydroxyl groups excluding tert-OH is 1. The molecule has 24 heavy (non-hydrogen) atoms. The van der Waals surface area contributed by atoms with Crippen molar-refractivity contribution in [2.45, 2.75) is 39.3 Å². The minimum atomic E-state index is -0.247. The van der Waals surface area contributed by atoms with Gasteiger partial charge >= 0.3 is 6.03 Å². The third-order valence-corrected chi connectivity index (χ3v) is 5.01. The molecule has 2 aromatic heterocycles. The third kappa shape index (κ3) is 3.93. The second kappa shape index (κ2) is 7.31. The molecule has 3 rings (SSSR count). The summed E-state index contributed by atoms with van der Waals surface area (Å²) in [6, 6.07) is 1.92. The molecular weight excluding hydrogens is 326 g/mol. The van der Waals surface area contributed by atoms with E-state index in [0.29, 0.717) is 18.3 Å². The molecule has 0 bridgehead atoms. The monoisotopic (exact) mass is 349 g/mol. The minimum Gasteiger partial charge on any atom is -0.395 e. The fourth-order valence-electron chi connectivity index (χ4n) is 2.75. The second-order valence-electron chi connectivity index (χ2n) is 6.19. The van der Waals surface area contributed by atoms with Crippen LogP contribution in [0.4, 0.5) is 10.6 Å². The quantitative estimate of drug-likeness (QED) is 0.805. The number of carbonyl (C=O) groups is 1. The maximum Gasteiger partial charge on any atom is 0.323 e. The van der Waals surface area contributed by atoms with Crippen molar-refractivity contribution < 1.29 is 9.90 Å². The number of hydrogen-bond donors (Lipinski definition) is 2. The maximum absolute atomic E-state index is 12.6. The Bertz CT molecular complexity index is 681. The minimum absolute atomic E-state index is 0.0877. The number of urea groups is 1. The van der Waals surface area contributed by atoms with E-state index in [4.69, 9.17) is 0 Å². The van der Waals surface area contributed by atoms with Crippen LogP contribution in [0.25, 0.3) is 0 Å². The van der Waals surface area contributed by atoms with E-state index in [2.05, 4.69) is 22.3 Å². The molecule has 0 spiro atoms. The first kappa shape index (κ1) is 16.9. The lowest BCUT2D eigenvalue weighted by Gasteiger charge is -2.22. The highest BCUT2D eigenvalue weighted by molar-refractivity contribution is 7.09. The lowest BCUT2D eigenvalue weighted by Crippen LogP contribution is -2.37. The molecule has 8 heteroatoms. The summed E-state index contributed by atoms with van der Waals surface area (Å²) in [7, 11) is 0. The van der Waals surface area contributed by atoms with Crippen LogP contribution in [-0.4, -0.2) is 44.0 Å². The largest absolute Gasteiger partial charge is 0.395 e. The van der Waals surface area contributed by atoms with Gasteiger partial charge in [0.1, 0.15) is 10.8 Å². The highest BCUT2D eigenvalue weighted by Gasteiger charge is 2.31. The molecule has 0 radical (unpaired) electrons. The highest BCUT2D eigenvalue weighted by Crippen LogP contribution is 2.40. The molecule has 1 aliphatic carbocycles. The normalized spacial score (nSPS) is 15.3. The molecule has 130 valence electrons. The molecule has 1 fully saturated rings. The van der Waals surface area contributed by atoms with E-state index < -0.39 is 0 Å². The van der Waals surface area contributed by atoms with Gasteiger partial charge in [0.25, 0.3) is 0 Å². The number of aliphatic hydroxyl groups is 1. The van der Waals surface area contributed by atoms with Gasteiger partial charge in [0, 0.05) is 24.2 Å². The average Bonchev–Trinajstić information content (AvgIpc) is 3.16. The van der Waals surface area contributed by atoms with Crippen LogP contribution in [0, 0.1) is 12.8 Å². The van der Waals surface area contributed by atoms with Gasteiger partial charge in [0.05, 0.1) is 24.9 Å². The van der Waals surface area contributed by atoms with E-state index in [1.807, 2.05) is 23.1 Å². The summed E-state index contributed by atoms with van der Waals surface area (Å²) in [4.78, 5) is 18.4. The van der Waals surface area contributed by atoms with Crippen LogP contribution < -0.4 is 5.32 Å². The van der Waals surface area contributed by atoms with Crippen LogP contribution in [0.15, 0.2) is 17.6 Å². The van der Waals surface area contributed by atoms with Crippen LogP contribution in [-0.2, 0) is 6.54 Å². The van der Waals surface area contributed by atoms with Gasteiger partial charge in [0.15, 0.2) is 0 Å². The summed E-state index contributed by atoms with van der Waals surface area (Å²) in [6.45, 7) is 4.62. The number of nitrogens with zero attached hydrogens (tertiary/aromatic N) is 4. The number of carbonyl (C=O) groups excluding carboxylic acids is 1. The molecule has 1 aliphatic rings. The van der Waals surface area contributed by atoms with Crippen molar-refractivity contribution in [1.82, 2.24) is 19.7 Å². The SMILES string of the molecule is Cc1cc(NC(=O)N(CCO)Cc2nccs2)n(C(C)C2CC2)n1. The van der Waals surface area contributed by atoms with Crippen LogP contribution in [0.1, 0.15) is 36.5 Å². The molecule has 0 aromatic carbocycles. The Hall–Kier alpha value is -1.93. The molecule has 1 saturated carbocycles. The van der Waals surface area contributed by atoms with Crippen molar-refractivity contribution in [2.75, 3.05) is 18.5 Å². The van der Waals surface area contributed by atoms with E-state index in [9.17, 15) is 9.90 Å². The summed E-state index contributed by atoms with van der Waals surface area (Å²) in [5, 5.41) is 19.4. The van der Waals surface area contributed by atoms with Crippen LogP contribution in [0.2, 0.25) is 0 Å². The van der Waals surface area contributed by atoms with Crippen molar-refractivity contribution in [3.63, 3.8) is 0 Å². The molecular formula is C16H23N5O2S. The molecule has 1 unspecified atom stereocenters. The third-order valence-electron chi connectivity index (χ3n) is 4.25. The second-order valence-corrected chi connectivity index (χ2v) is 7.17. The Morgan fingerprint density at radius 2 is 2.38 bits per heavy atom. The number of aromatic nitrogens is 3. The number of hydrogen-bond acceptors (Lipinski definition) is 5. The van der Waals surface area contributed by atoms with Crippen molar-refractivity contribution in [2.24, 2.45) is 5.92 Å². The lowest BCUT2D eigenvalue weighted by atomic mass is 10.2. The molecule has 1 atom stereocenters. The summed E-state index contributed by atoms with van der Waals surface area (Å²) in [6.07, 6.45) is 4.15. The van der Waals surface area contributed by atoms with Gasteiger partial charge in [-0.15, -0.1) is 11.3 Å². The molecule has 2 N–H and O–H groups in total. The van der Waals surface area contributed by atoms with E-state index in [1.54, 1.807) is 11.1 Å². The number of aryl methyl sites for hydroxylation is 1. The van der Waals surface area contributed by atoms with Crippen LogP contribution in [0.3, 0.4) is 0 Å². The Kier molecular flexibility index (Phi) is 5.15. The van der Waals surface area contributed by atoms with Crippen LogP contribution >= 0.6 is 11.3 Å². The number of thiazole rings is 1. The van der Waals surface area contributed by atoms with Crippen molar-refractivity contribution in [1.29, 1.82) is 0 Å². The molecule has 0 saturated heterocycles. The smallest absolute Gasteiger partial charge is 0.323 e. The first-order chi connectivity index (χ1) is 11.6. The predicted molar refractivity (Wildman–Crippen MR) is 93.0 cm³/mol. The zero-order chi connectivity index (χ0) is 17.1. The predicted octanol–water partition coefficient (Wildman–Crippen LogP) is 2.65. The fraction of sp³-hybridized carbons (Fsp3) is 0.562. The van der Waals surface area contributed by atoms with Crippen molar-refractivity contribution in [3.8, 4) is 0 Å². The summed E-state index contributed by atoms with van der Waals surface area (Å²) in [5.41, 5.74) is 0.881. The lowest BCUT2D eigenvalue weighted by molar-refractivity contribution is 0.185. The summed E-state index contributed by atoms with van der Waals surface area (Å²) >= 11 is 1.49. The molecule has 2 heterocycles. The highest BCUT2D eigenvalue weighted by atomic mass is 32.1. The van der Waals surface area contributed by atoms with Crippen LogP contribution in [0.5, 0.6) is 0 Å². The Morgan fingerprint density at radius 1 is 1.58 bits per heavy atom. The summed E-state index contributed by atoms with van der Waals surface area (Å²) in [5.74, 6) is 1.35. The topological polar surface area (TPSA) is 83.3 Å². The van der Waals surface area contributed by atoms with Gasteiger partial charge < -0.3 is 10.0 Å². The maximum atomic E-state index is 12.6. The Morgan fingerprint density at radius 3 is 3.00 bits per heavy atom. The van der Waals surface area contributed by atoms with Gasteiger partial charge in [-0.05, 0) is 32.6 Å². The average molecular weight is 349 g/mol. The van der Waals surface area contributed by atoms with Gasteiger partial charge in [-0.3, -0.25) is 5.32 Å². The standard InChI is InChI=1S/C16H23N5O2S/c1-11-9-14(21(19-11)12(2)13-3-4-13)18-16(23)20(6-7-22)10-15-17-5-8-24-15/h5,8-9,12-13,22H,3-4,6-7,10H2,1-2H3,(H,18,23). The first-order valence-electron chi connectivity index (χ1n) is 8.19. The zero-order valence-corrected chi connectivity index (χ0v) is 14.8. The van der Waals surface area contributed by atoms with E-state index in [0.717, 1.165) is 10.7 Å². The molecule has 2 amide bonds. The van der Waals surface area contributed by atoms with Gasteiger partial charge in [-0.2, -0.15) is 5.10 Å². The van der Waals surface area contributed by atoms with Crippen molar-refractivity contribution in [3.05, 3.63) is 28.3 Å². The number of anilines is 1. The van der Waals surface area contributed by atoms with Gasteiger partial charge in [0.2, 0.25) is 0 Å². The number of amides is 2. The summed E-state index contributed by atoms with van der Waals surface area (Å²) < 4.78 is 1.91. The molecule has 2 aromatic rings. The number of rotatable bonds is 7. The molecule has 0 aliphatic heterocycles. The Labute approximate surface area is 145 Å². The van der Waals surface area contributed by atoms with Crippen molar-refractivity contribution >= 4 is 23.2 Å². The molecule has 7 nitrogen and oxygen atoms in total.